The molecule has 0 aromatic carbocycles. The van der Waals surface area contributed by atoms with Crippen molar-refractivity contribution < 1.29 is 4.79 Å². The van der Waals surface area contributed by atoms with Gasteiger partial charge in [0.2, 0.25) is 0 Å². The van der Waals surface area contributed by atoms with Crippen molar-refractivity contribution in [2.24, 2.45) is 0 Å². The van der Waals surface area contributed by atoms with Crippen LogP contribution in [0.3, 0.4) is 0 Å². The van der Waals surface area contributed by atoms with Gasteiger partial charge >= 0.3 is 6.03 Å². The zero-order valence-electron chi connectivity index (χ0n) is 8.21. The van der Waals surface area contributed by atoms with Gasteiger partial charge in [0.05, 0.1) is 25.0 Å². The van der Waals surface area contributed by atoms with Gasteiger partial charge in [-0.25, -0.2) is 4.79 Å². The molecule has 5 nitrogen and oxygen atoms in total. The molecule has 0 unspecified atom stereocenters. The van der Waals surface area contributed by atoms with E-state index in [1.54, 1.807) is 11.1 Å². The molecule has 0 bridgehead atoms. The molecule has 1 aromatic rings. The standard InChI is InChI=1S/C9H14N4O/c1-2-3-10-9(14)13-5-7-4-11-12-8(7)6-13/h4H,2-3,5-6H2,1H3,(H,10,14)(H,11,12). The Bertz CT molecular complexity index is 313. The van der Waals surface area contributed by atoms with Crippen LogP contribution in [0, 0.1) is 0 Å². The Hall–Kier alpha value is -1.52. The lowest BCUT2D eigenvalue weighted by Gasteiger charge is -2.15. The topological polar surface area (TPSA) is 61.0 Å². The Morgan fingerprint density at radius 3 is 3.29 bits per heavy atom. The number of carbonyl (C=O) groups is 1. The van der Waals surface area contributed by atoms with Crippen LogP contribution < -0.4 is 5.32 Å². The van der Waals surface area contributed by atoms with Crippen LogP contribution in [0.5, 0.6) is 0 Å². The Morgan fingerprint density at radius 1 is 1.71 bits per heavy atom. The van der Waals surface area contributed by atoms with Gasteiger partial charge in [-0.15, -0.1) is 0 Å². The molecule has 0 aliphatic carbocycles. The molecule has 0 saturated heterocycles. The third-order valence-corrected chi connectivity index (χ3v) is 2.33. The first kappa shape index (κ1) is 9.05. The zero-order chi connectivity index (χ0) is 9.97. The van der Waals surface area contributed by atoms with Gasteiger partial charge < -0.3 is 10.2 Å². The predicted molar refractivity (Wildman–Crippen MR) is 51.5 cm³/mol. The van der Waals surface area contributed by atoms with E-state index in [9.17, 15) is 4.79 Å². The largest absolute Gasteiger partial charge is 0.338 e. The molecule has 5 heteroatoms. The maximum Gasteiger partial charge on any atom is 0.318 e. The lowest BCUT2D eigenvalue weighted by molar-refractivity contribution is 0.198. The molecule has 1 aliphatic rings. The van der Waals surface area contributed by atoms with Crippen LogP contribution in [-0.4, -0.2) is 27.7 Å². The molecule has 0 radical (unpaired) electrons. The maximum atomic E-state index is 11.6. The first-order chi connectivity index (χ1) is 6.81. The molecule has 1 aromatic heterocycles. The molecule has 2 heterocycles. The number of nitrogens with one attached hydrogen (secondary N) is 2. The summed E-state index contributed by atoms with van der Waals surface area (Å²) in [4.78, 5) is 13.3. The van der Waals surface area contributed by atoms with Gasteiger partial charge in [0.15, 0.2) is 0 Å². The minimum absolute atomic E-state index is 0.0106. The number of hydrogen-bond donors (Lipinski definition) is 2. The summed E-state index contributed by atoms with van der Waals surface area (Å²) in [5.41, 5.74) is 2.17. The van der Waals surface area contributed by atoms with Crippen molar-refractivity contribution >= 4 is 6.03 Å². The third kappa shape index (κ3) is 1.57. The monoisotopic (exact) mass is 194 g/mol. The van der Waals surface area contributed by atoms with E-state index < -0.39 is 0 Å². The number of urea groups is 1. The molecule has 2 amide bonds. The van der Waals surface area contributed by atoms with Crippen molar-refractivity contribution in [2.75, 3.05) is 6.54 Å². The summed E-state index contributed by atoms with van der Waals surface area (Å²) in [6.07, 6.45) is 2.74. The molecule has 0 fully saturated rings. The Morgan fingerprint density at radius 2 is 2.57 bits per heavy atom. The molecular weight excluding hydrogens is 180 g/mol. The fourth-order valence-corrected chi connectivity index (χ4v) is 1.55. The van der Waals surface area contributed by atoms with E-state index in [2.05, 4.69) is 15.5 Å². The molecule has 1 aliphatic heterocycles. The number of hydrogen-bond acceptors (Lipinski definition) is 2. The quantitative estimate of drug-likeness (QED) is 0.733. The van der Waals surface area contributed by atoms with E-state index in [1.807, 2.05) is 6.92 Å². The molecule has 76 valence electrons. The summed E-state index contributed by atoms with van der Waals surface area (Å²) in [6.45, 7) is 4.09. The van der Waals surface area contributed by atoms with E-state index in [4.69, 9.17) is 0 Å². The first-order valence-electron chi connectivity index (χ1n) is 4.85. The first-order valence-corrected chi connectivity index (χ1v) is 4.85. The van der Waals surface area contributed by atoms with Crippen LogP contribution in [0.2, 0.25) is 0 Å². The van der Waals surface area contributed by atoms with Crippen molar-refractivity contribution in [3.05, 3.63) is 17.5 Å². The van der Waals surface area contributed by atoms with Gasteiger partial charge in [-0.05, 0) is 6.42 Å². The summed E-state index contributed by atoms with van der Waals surface area (Å²) < 4.78 is 0. The van der Waals surface area contributed by atoms with E-state index >= 15 is 0 Å². The highest BCUT2D eigenvalue weighted by molar-refractivity contribution is 5.74. The van der Waals surface area contributed by atoms with E-state index in [-0.39, 0.29) is 6.03 Å². The van der Waals surface area contributed by atoms with Crippen LogP contribution in [0.15, 0.2) is 6.20 Å². The molecule has 0 spiro atoms. The number of carbonyl (C=O) groups excluding carboxylic acids is 1. The number of fused-ring (bicyclic) bond motifs is 1. The van der Waals surface area contributed by atoms with Crippen molar-refractivity contribution in [3.8, 4) is 0 Å². The van der Waals surface area contributed by atoms with E-state index in [0.717, 1.165) is 24.2 Å². The number of aromatic nitrogens is 2. The lowest BCUT2D eigenvalue weighted by atomic mass is 10.3. The van der Waals surface area contributed by atoms with Crippen LogP contribution >= 0.6 is 0 Å². The molecule has 0 atom stereocenters. The molecular formula is C9H14N4O. The van der Waals surface area contributed by atoms with E-state index in [1.165, 1.54) is 0 Å². The lowest BCUT2D eigenvalue weighted by Crippen LogP contribution is -2.36. The molecule has 2 N–H and O–H groups in total. The summed E-state index contributed by atoms with van der Waals surface area (Å²) in [5, 5.41) is 9.65. The Kier molecular flexibility index (Phi) is 2.39. The number of nitrogens with zero attached hydrogens (tertiary/aromatic N) is 2. The van der Waals surface area contributed by atoms with Crippen molar-refractivity contribution in [3.63, 3.8) is 0 Å². The van der Waals surface area contributed by atoms with Crippen molar-refractivity contribution in [1.82, 2.24) is 20.4 Å². The van der Waals surface area contributed by atoms with Gasteiger partial charge in [-0.3, -0.25) is 5.10 Å². The second kappa shape index (κ2) is 3.69. The van der Waals surface area contributed by atoms with Crippen LogP contribution in [0.25, 0.3) is 0 Å². The SMILES string of the molecule is CCCNC(=O)N1Cc2cn[nH]c2C1. The number of amides is 2. The average molecular weight is 194 g/mol. The minimum Gasteiger partial charge on any atom is -0.338 e. The normalized spacial score (nSPS) is 14.2. The van der Waals surface area contributed by atoms with Gasteiger partial charge in [0.25, 0.3) is 0 Å². The smallest absolute Gasteiger partial charge is 0.318 e. The second-order valence-corrected chi connectivity index (χ2v) is 3.46. The Labute approximate surface area is 82.5 Å². The van der Waals surface area contributed by atoms with Gasteiger partial charge in [-0.2, -0.15) is 5.10 Å². The molecule has 0 saturated carbocycles. The van der Waals surface area contributed by atoms with Crippen LogP contribution in [0.4, 0.5) is 4.79 Å². The zero-order valence-corrected chi connectivity index (χ0v) is 8.21. The predicted octanol–water partition coefficient (Wildman–Crippen LogP) is 0.845. The average Bonchev–Trinajstić information content (AvgIpc) is 2.72. The third-order valence-electron chi connectivity index (χ3n) is 2.33. The maximum absolute atomic E-state index is 11.6. The molecule has 2 rings (SSSR count). The summed E-state index contributed by atoms with van der Waals surface area (Å²) in [6, 6.07) is 0.0106. The molecule has 14 heavy (non-hydrogen) atoms. The van der Waals surface area contributed by atoms with Crippen molar-refractivity contribution in [1.29, 1.82) is 0 Å². The fourth-order valence-electron chi connectivity index (χ4n) is 1.55. The minimum atomic E-state index is 0.0106. The summed E-state index contributed by atoms with van der Waals surface area (Å²) >= 11 is 0. The summed E-state index contributed by atoms with van der Waals surface area (Å²) in [7, 11) is 0. The van der Waals surface area contributed by atoms with Crippen molar-refractivity contribution in [2.45, 2.75) is 26.4 Å². The van der Waals surface area contributed by atoms with Crippen LogP contribution in [-0.2, 0) is 13.1 Å². The fraction of sp³-hybridized carbons (Fsp3) is 0.556. The van der Waals surface area contributed by atoms with Crippen LogP contribution in [0.1, 0.15) is 24.6 Å². The number of aromatic amines is 1. The Balaban J connectivity index is 1.91. The van der Waals surface area contributed by atoms with Gasteiger partial charge in [0.1, 0.15) is 0 Å². The van der Waals surface area contributed by atoms with Gasteiger partial charge in [-0.1, -0.05) is 6.92 Å². The highest BCUT2D eigenvalue weighted by atomic mass is 16.2. The highest BCUT2D eigenvalue weighted by Crippen LogP contribution is 2.19. The number of H-pyrrole nitrogens is 1. The summed E-state index contributed by atoms with van der Waals surface area (Å²) in [5.74, 6) is 0. The number of rotatable bonds is 2. The highest BCUT2D eigenvalue weighted by Gasteiger charge is 2.24. The van der Waals surface area contributed by atoms with E-state index in [0.29, 0.717) is 13.1 Å². The van der Waals surface area contributed by atoms with Gasteiger partial charge in [0, 0.05) is 12.1 Å². The second-order valence-electron chi connectivity index (χ2n) is 3.46.